The second kappa shape index (κ2) is 8.71. The minimum atomic E-state index is 0.387. The Morgan fingerprint density at radius 1 is 1.33 bits per heavy atom. The highest BCUT2D eigenvalue weighted by atomic mass is 16.5. The maximum absolute atomic E-state index is 5.88. The Kier molecular flexibility index (Phi) is 6.59. The molecular weight excluding hydrogens is 260 g/mol. The predicted octanol–water partition coefficient (Wildman–Crippen LogP) is 2.64. The Hall–Kier alpha value is -1.50. The fraction of sp³-hybridized carbons (Fsp3) is 0.556. The molecule has 0 aliphatic heterocycles. The monoisotopic (exact) mass is 286 g/mol. The van der Waals surface area contributed by atoms with Gasteiger partial charge in [-0.15, -0.1) is 0 Å². The predicted molar refractivity (Wildman–Crippen MR) is 87.4 cm³/mol. The van der Waals surface area contributed by atoms with Crippen molar-refractivity contribution in [1.29, 1.82) is 0 Å². The summed E-state index contributed by atoms with van der Waals surface area (Å²) in [7, 11) is 0. The van der Waals surface area contributed by atoms with Crippen LogP contribution >= 0.6 is 0 Å². The number of hydrogen-bond donors (Lipinski definition) is 1. The average molecular weight is 286 g/mol. The number of ether oxygens (including phenoxy) is 1. The number of benzene rings is 1. The van der Waals surface area contributed by atoms with Gasteiger partial charge in [0.05, 0.1) is 6.54 Å². The van der Waals surface area contributed by atoms with E-state index in [1.165, 1.54) is 25.7 Å². The first-order valence-electron chi connectivity index (χ1n) is 7.99. The van der Waals surface area contributed by atoms with Gasteiger partial charge in [0.25, 0.3) is 0 Å². The molecule has 1 fully saturated rings. The zero-order valence-electron chi connectivity index (χ0n) is 13.0. The third-order valence-electron chi connectivity index (χ3n) is 4.06. The van der Waals surface area contributed by atoms with Crippen LogP contribution in [0.15, 0.2) is 24.3 Å². The SMILES string of the molecule is CCN(CCOc1cccc(C#CCN)c1)C1CCCC1. The fourth-order valence-corrected chi connectivity index (χ4v) is 2.97. The molecule has 2 rings (SSSR count). The molecule has 1 aromatic carbocycles. The van der Waals surface area contributed by atoms with Gasteiger partial charge < -0.3 is 10.5 Å². The van der Waals surface area contributed by atoms with Gasteiger partial charge in [-0.2, -0.15) is 0 Å². The summed E-state index contributed by atoms with van der Waals surface area (Å²) >= 11 is 0. The first kappa shape index (κ1) is 15.9. The summed E-state index contributed by atoms with van der Waals surface area (Å²) < 4.78 is 5.88. The van der Waals surface area contributed by atoms with E-state index in [1.54, 1.807) is 0 Å². The molecule has 1 aliphatic carbocycles. The number of rotatable bonds is 6. The van der Waals surface area contributed by atoms with Gasteiger partial charge in [0.1, 0.15) is 12.4 Å². The van der Waals surface area contributed by atoms with Crippen LogP contribution in [0, 0.1) is 11.8 Å². The Labute approximate surface area is 128 Å². The smallest absolute Gasteiger partial charge is 0.120 e. The largest absolute Gasteiger partial charge is 0.492 e. The van der Waals surface area contributed by atoms with Crippen molar-refractivity contribution in [2.45, 2.75) is 38.6 Å². The highest BCUT2D eigenvalue weighted by Gasteiger charge is 2.20. The quantitative estimate of drug-likeness (QED) is 0.817. The normalized spacial score (nSPS) is 15.0. The molecule has 3 nitrogen and oxygen atoms in total. The van der Waals surface area contributed by atoms with Crippen LogP contribution in [0.4, 0.5) is 0 Å². The zero-order valence-corrected chi connectivity index (χ0v) is 13.0. The summed E-state index contributed by atoms with van der Waals surface area (Å²) in [5, 5.41) is 0. The summed E-state index contributed by atoms with van der Waals surface area (Å²) in [5.41, 5.74) is 6.35. The summed E-state index contributed by atoms with van der Waals surface area (Å²) in [6, 6.07) is 8.69. The van der Waals surface area contributed by atoms with Gasteiger partial charge in [0, 0.05) is 18.2 Å². The molecule has 1 aliphatic rings. The van der Waals surface area contributed by atoms with Crippen LogP contribution in [0.3, 0.4) is 0 Å². The molecule has 2 N–H and O–H groups in total. The van der Waals surface area contributed by atoms with E-state index < -0.39 is 0 Å². The van der Waals surface area contributed by atoms with E-state index in [9.17, 15) is 0 Å². The van der Waals surface area contributed by atoms with Crippen molar-refractivity contribution in [1.82, 2.24) is 4.90 Å². The first-order valence-corrected chi connectivity index (χ1v) is 7.99. The molecule has 0 heterocycles. The van der Waals surface area contributed by atoms with Crippen molar-refractivity contribution >= 4 is 0 Å². The Balaban J connectivity index is 1.82. The second-order valence-corrected chi connectivity index (χ2v) is 5.45. The number of hydrogen-bond acceptors (Lipinski definition) is 3. The van der Waals surface area contributed by atoms with Gasteiger partial charge in [0.2, 0.25) is 0 Å². The van der Waals surface area contributed by atoms with Crippen LogP contribution in [-0.4, -0.2) is 37.2 Å². The Morgan fingerprint density at radius 2 is 2.14 bits per heavy atom. The number of nitrogens with two attached hydrogens (primary N) is 1. The van der Waals surface area contributed by atoms with Crippen molar-refractivity contribution in [2.75, 3.05) is 26.2 Å². The minimum Gasteiger partial charge on any atom is -0.492 e. The Morgan fingerprint density at radius 3 is 2.86 bits per heavy atom. The molecule has 0 spiro atoms. The van der Waals surface area contributed by atoms with Gasteiger partial charge in [0.15, 0.2) is 0 Å². The van der Waals surface area contributed by atoms with Gasteiger partial charge in [-0.3, -0.25) is 4.90 Å². The lowest BCUT2D eigenvalue weighted by Crippen LogP contribution is -2.36. The number of likely N-dealkylation sites (N-methyl/N-ethyl adjacent to an activating group) is 1. The highest BCUT2D eigenvalue weighted by molar-refractivity contribution is 5.39. The lowest BCUT2D eigenvalue weighted by molar-refractivity contribution is 0.168. The minimum absolute atomic E-state index is 0.387. The van der Waals surface area contributed by atoms with Crippen molar-refractivity contribution in [3.63, 3.8) is 0 Å². The van der Waals surface area contributed by atoms with E-state index in [-0.39, 0.29) is 0 Å². The molecule has 0 aromatic heterocycles. The first-order chi connectivity index (χ1) is 10.3. The number of nitrogens with zero attached hydrogens (tertiary/aromatic N) is 1. The molecule has 0 radical (unpaired) electrons. The standard InChI is InChI=1S/C18H26N2O/c1-2-20(17-9-3-4-10-17)13-14-21-18-11-5-7-16(15-18)8-6-12-19/h5,7,11,15,17H,2-4,9-10,12-14,19H2,1H3. The summed E-state index contributed by atoms with van der Waals surface area (Å²) in [4.78, 5) is 2.55. The second-order valence-electron chi connectivity index (χ2n) is 5.45. The topological polar surface area (TPSA) is 38.5 Å². The van der Waals surface area contributed by atoms with Crippen LogP contribution in [-0.2, 0) is 0 Å². The molecule has 0 unspecified atom stereocenters. The van der Waals surface area contributed by atoms with Crippen LogP contribution in [0.25, 0.3) is 0 Å². The van der Waals surface area contributed by atoms with E-state index in [2.05, 4.69) is 23.7 Å². The summed E-state index contributed by atoms with van der Waals surface area (Å²) in [6.07, 6.45) is 5.45. The van der Waals surface area contributed by atoms with Gasteiger partial charge in [-0.25, -0.2) is 0 Å². The van der Waals surface area contributed by atoms with E-state index in [4.69, 9.17) is 10.5 Å². The van der Waals surface area contributed by atoms with Crippen LogP contribution in [0.5, 0.6) is 5.75 Å². The van der Waals surface area contributed by atoms with Crippen molar-refractivity contribution in [2.24, 2.45) is 5.73 Å². The molecule has 0 bridgehead atoms. The lowest BCUT2D eigenvalue weighted by atomic mass is 10.2. The van der Waals surface area contributed by atoms with E-state index in [0.717, 1.165) is 37.1 Å². The van der Waals surface area contributed by atoms with Gasteiger partial charge >= 0.3 is 0 Å². The Bertz CT molecular complexity index is 483. The average Bonchev–Trinajstić information content (AvgIpc) is 3.04. The maximum atomic E-state index is 5.88. The van der Waals surface area contributed by atoms with Crippen LogP contribution in [0.2, 0.25) is 0 Å². The lowest BCUT2D eigenvalue weighted by Gasteiger charge is -2.27. The molecule has 0 amide bonds. The van der Waals surface area contributed by atoms with Crippen molar-refractivity contribution in [3.8, 4) is 17.6 Å². The molecule has 1 saturated carbocycles. The van der Waals surface area contributed by atoms with Gasteiger partial charge in [-0.1, -0.05) is 37.7 Å². The molecule has 0 saturated heterocycles. The molecule has 0 atom stereocenters. The molecule has 114 valence electrons. The fourth-order valence-electron chi connectivity index (χ4n) is 2.97. The maximum Gasteiger partial charge on any atom is 0.120 e. The summed E-state index contributed by atoms with van der Waals surface area (Å²) in [5.74, 6) is 6.79. The van der Waals surface area contributed by atoms with Crippen LogP contribution in [0.1, 0.15) is 38.2 Å². The molecule has 3 heteroatoms. The van der Waals surface area contributed by atoms with Crippen LogP contribution < -0.4 is 10.5 Å². The van der Waals surface area contributed by atoms with Crippen molar-refractivity contribution < 1.29 is 4.74 Å². The molecule has 21 heavy (non-hydrogen) atoms. The summed E-state index contributed by atoms with van der Waals surface area (Å²) in [6.45, 7) is 5.47. The third kappa shape index (κ3) is 5.08. The van der Waals surface area contributed by atoms with Gasteiger partial charge in [-0.05, 0) is 37.6 Å². The third-order valence-corrected chi connectivity index (χ3v) is 4.06. The molecule has 1 aromatic rings. The zero-order chi connectivity index (χ0) is 14.9. The van der Waals surface area contributed by atoms with Crippen molar-refractivity contribution in [3.05, 3.63) is 29.8 Å². The highest BCUT2D eigenvalue weighted by Crippen LogP contribution is 2.23. The van der Waals surface area contributed by atoms with E-state index in [1.807, 2.05) is 24.3 Å². The van der Waals surface area contributed by atoms with E-state index >= 15 is 0 Å². The van der Waals surface area contributed by atoms with E-state index in [0.29, 0.717) is 6.54 Å². The molecular formula is C18H26N2O.